The van der Waals surface area contributed by atoms with Gasteiger partial charge in [-0.05, 0) is 19.8 Å². The molecule has 4 atom stereocenters. The maximum atomic E-state index is 12.2. The molecule has 132 valence electrons. The highest BCUT2D eigenvalue weighted by atomic mass is 16.4. The first-order chi connectivity index (χ1) is 10.6. The molecule has 0 aliphatic heterocycles. The van der Waals surface area contributed by atoms with Crippen LogP contribution < -0.4 is 21.7 Å². The van der Waals surface area contributed by atoms with E-state index in [-0.39, 0.29) is 12.5 Å². The van der Waals surface area contributed by atoms with E-state index in [0.29, 0.717) is 6.42 Å². The van der Waals surface area contributed by atoms with Crippen LogP contribution in [0.1, 0.15) is 34.1 Å². The Morgan fingerprint density at radius 2 is 1.61 bits per heavy atom. The van der Waals surface area contributed by atoms with E-state index in [0.717, 1.165) is 0 Å². The van der Waals surface area contributed by atoms with Gasteiger partial charge < -0.3 is 26.8 Å². The zero-order chi connectivity index (χ0) is 18.2. The normalized spacial score (nSPS) is 15.7. The van der Waals surface area contributed by atoms with Crippen LogP contribution in [-0.4, -0.2) is 53.5 Å². The van der Waals surface area contributed by atoms with Crippen LogP contribution in [0.3, 0.4) is 0 Å². The molecule has 0 aromatic rings. The Balaban J connectivity index is 4.63. The molecular weight excluding hydrogens is 304 g/mol. The minimum Gasteiger partial charge on any atom is -0.480 e. The number of hydrogen-bond acceptors (Lipinski definition) is 5. The molecule has 3 amide bonds. The third-order valence-electron chi connectivity index (χ3n) is 3.38. The van der Waals surface area contributed by atoms with Gasteiger partial charge in [-0.15, -0.1) is 0 Å². The summed E-state index contributed by atoms with van der Waals surface area (Å²) in [5, 5.41) is 15.8. The Bertz CT molecular complexity index is 452. The predicted octanol–water partition coefficient (Wildman–Crippen LogP) is -1.43. The molecule has 4 unspecified atom stereocenters. The molecule has 0 heterocycles. The number of nitrogens with two attached hydrogens (primary N) is 1. The van der Waals surface area contributed by atoms with E-state index < -0.39 is 41.8 Å². The van der Waals surface area contributed by atoms with Gasteiger partial charge in [0.2, 0.25) is 17.7 Å². The molecule has 0 saturated carbocycles. The Morgan fingerprint density at radius 1 is 1.04 bits per heavy atom. The van der Waals surface area contributed by atoms with Gasteiger partial charge in [0.15, 0.2) is 0 Å². The van der Waals surface area contributed by atoms with Crippen molar-refractivity contribution in [1.82, 2.24) is 16.0 Å². The lowest BCUT2D eigenvalue weighted by molar-refractivity contribution is -0.141. The number of amides is 3. The number of nitrogens with one attached hydrogen (secondary N) is 3. The van der Waals surface area contributed by atoms with Gasteiger partial charge in [-0.2, -0.15) is 0 Å². The summed E-state index contributed by atoms with van der Waals surface area (Å²) in [7, 11) is 0. The highest BCUT2D eigenvalue weighted by molar-refractivity contribution is 5.92. The molecular formula is C14H26N4O5. The zero-order valence-electron chi connectivity index (χ0n) is 13.9. The summed E-state index contributed by atoms with van der Waals surface area (Å²) >= 11 is 0. The molecule has 9 nitrogen and oxygen atoms in total. The lowest BCUT2D eigenvalue weighted by atomic mass is 9.98. The van der Waals surface area contributed by atoms with Crippen molar-refractivity contribution < 1.29 is 24.3 Å². The summed E-state index contributed by atoms with van der Waals surface area (Å²) in [4.78, 5) is 46.0. The van der Waals surface area contributed by atoms with Crippen LogP contribution in [0.5, 0.6) is 0 Å². The van der Waals surface area contributed by atoms with Gasteiger partial charge in [0.1, 0.15) is 12.1 Å². The molecule has 0 bridgehead atoms. The van der Waals surface area contributed by atoms with E-state index in [2.05, 4.69) is 16.0 Å². The second-order valence-electron chi connectivity index (χ2n) is 5.51. The number of carboxylic acid groups (broad SMARTS) is 1. The second-order valence-corrected chi connectivity index (χ2v) is 5.51. The molecule has 0 rings (SSSR count). The van der Waals surface area contributed by atoms with Crippen LogP contribution in [0, 0.1) is 5.92 Å². The van der Waals surface area contributed by atoms with Crippen molar-refractivity contribution in [2.45, 2.75) is 52.2 Å². The Labute approximate surface area is 135 Å². The Hall–Kier alpha value is -2.16. The number of carboxylic acids is 1. The summed E-state index contributed by atoms with van der Waals surface area (Å²) in [5.74, 6) is -2.94. The smallest absolute Gasteiger partial charge is 0.325 e. The van der Waals surface area contributed by atoms with E-state index >= 15 is 0 Å². The molecule has 0 aromatic heterocycles. The average Bonchev–Trinajstić information content (AvgIpc) is 2.48. The number of aliphatic carboxylic acids is 1. The van der Waals surface area contributed by atoms with Gasteiger partial charge in [-0.1, -0.05) is 20.3 Å². The van der Waals surface area contributed by atoms with E-state index in [9.17, 15) is 19.2 Å². The summed E-state index contributed by atoms with van der Waals surface area (Å²) in [5.41, 5.74) is 5.47. The van der Waals surface area contributed by atoms with Gasteiger partial charge >= 0.3 is 5.97 Å². The summed E-state index contributed by atoms with van der Waals surface area (Å²) in [6, 6.07) is -2.63. The lowest BCUT2D eigenvalue weighted by Gasteiger charge is -2.24. The van der Waals surface area contributed by atoms with Gasteiger partial charge in [0.25, 0.3) is 0 Å². The zero-order valence-corrected chi connectivity index (χ0v) is 13.9. The third kappa shape index (κ3) is 7.59. The number of hydrogen-bond donors (Lipinski definition) is 5. The third-order valence-corrected chi connectivity index (χ3v) is 3.38. The Morgan fingerprint density at radius 3 is 2.04 bits per heavy atom. The monoisotopic (exact) mass is 330 g/mol. The molecule has 9 heteroatoms. The molecule has 0 spiro atoms. The van der Waals surface area contributed by atoms with E-state index in [4.69, 9.17) is 10.8 Å². The van der Waals surface area contributed by atoms with Crippen molar-refractivity contribution in [3.05, 3.63) is 0 Å². The second kappa shape index (κ2) is 9.78. The first kappa shape index (κ1) is 20.8. The maximum Gasteiger partial charge on any atom is 0.325 e. The molecule has 0 aromatic carbocycles. The molecule has 0 aliphatic rings. The largest absolute Gasteiger partial charge is 0.480 e. The van der Waals surface area contributed by atoms with Crippen LogP contribution in [0.15, 0.2) is 0 Å². The van der Waals surface area contributed by atoms with E-state index in [1.165, 1.54) is 13.8 Å². The SMILES string of the molecule is CCC(C)C(NC(=O)C(C)N)C(=O)NCC(=O)NC(C)C(=O)O. The fourth-order valence-electron chi connectivity index (χ4n) is 1.62. The number of rotatable bonds is 9. The van der Waals surface area contributed by atoms with Crippen LogP contribution in [0.25, 0.3) is 0 Å². The van der Waals surface area contributed by atoms with Crippen LogP contribution in [0.4, 0.5) is 0 Å². The first-order valence-corrected chi connectivity index (χ1v) is 7.45. The van der Waals surface area contributed by atoms with Crippen molar-refractivity contribution in [2.75, 3.05) is 6.54 Å². The predicted molar refractivity (Wildman–Crippen MR) is 83.3 cm³/mol. The van der Waals surface area contributed by atoms with Crippen molar-refractivity contribution in [1.29, 1.82) is 0 Å². The highest BCUT2D eigenvalue weighted by Gasteiger charge is 2.27. The summed E-state index contributed by atoms with van der Waals surface area (Å²) in [6.07, 6.45) is 0.638. The minimum atomic E-state index is -1.17. The molecule has 23 heavy (non-hydrogen) atoms. The van der Waals surface area contributed by atoms with Crippen molar-refractivity contribution in [3.8, 4) is 0 Å². The highest BCUT2D eigenvalue weighted by Crippen LogP contribution is 2.08. The topological polar surface area (TPSA) is 151 Å². The molecule has 0 fully saturated rings. The van der Waals surface area contributed by atoms with Crippen molar-refractivity contribution in [2.24, 2.45) is 11.7 Å². The van der Waals surface area contributed by atoms with Crippen LogP contribution >= 0.6 is 0 Å². The van der Waals surface area contributed by atoms with Gasteiger partial charge in [0, 0.05) is 0 Å². The molecule has 6 N–H and O–H groups in total. The average molecular weight is 330 g/mol. The molecule has 0 radical (unpaired) electrons. The summed E-state index contributed by atoms with van der Waals surface area (Å²) in [6.45, 7) is 6.09. The number of carbonyl (C=O) groups excluding carboxylic acids is 3. The van der Waals surface area contributed by atoms with E-state index in [1.807, 2.05) is 6.92 Å². The van der Waals surface area contributed by atoms with E-state index in [1.54, 1.807) is 6.92 Å². The Kier molecular flexibility index (Phi) is 8.86. The van der Waals surface area contributed by atoms with Crippen LogP contribution in [0.2, 0.25) is 0 Å². The van der Waals surface area contributed by atoms with Gasteiger partial charge in [0.05, 0.1) is 12.6 Å². The fourth-order valence-corrected chi connectivity index (χ4v) is 1.62. The fraction of sp³-hybridized carbons (Fsp3) is 0.714. The molecule has 0 aliphatic carbocycles. The van der Waals surface area contributed by atoms with Gasteiger partial charge in [-0.3, -0.25) is 19.2 Å². The van der Waals surface area contributed by atoms with Gasteiger partial charge in [-0.25, -0.2) is 0 Å². The van der Waals surface area contributed by atoms with Crippen molar-refractivity contribution >= 4 is 23.7 Å². The quantitative estimate of drug-likeness (QED) is 0.350. The first-order valence-electron chi connectivity index (χ1n) is 7.45. The van der Waals surface area contributed by atoms with Crippen molar-refractivity contribution in [3.63, 3.8) is 0 Å². The molecule has 0 saturated heterocycles. The maximum absolute atomic E-state index is 12.2. The summed E-state index contributed by atoms with van der Waals surface area (Å²) < 4.78 is 0. The van der Waals surface area contributed by atoms with Crippen LogP contribution in [-0.2, 0) is 19.2 Å². The number of carbonyl (C=O) groups is 4. The standard InChI is InChI=1S/C14H26N4O5/c1-5-7(2)11(18-12(20)8(3)15)13(21)16-6-10(19)17-9(4)14(22)23/h7-9,11H,5-6,15H2,1-4H3,(H,16,21)(H,17,19)(H,18,20)(H,22,23). The minimum absolute atomic E-state index is 0.154. The lowest BCUT2D eigenvalue weighted by Crippen LogP contribution is -2.55.